The molecule has 3 atom stereocenters. The lowest BCUT2D eigenvalue weighted by Crippen LogP contribution is -2.35. The van der Waals surface area contributed by atoms with E-state index in [9.17, 15) is 4.79 Å². The Balaban J connectivity index is 1.60. The van der Waals surface area contributed by atoms with Crippen molar-refractivity contribution in [2.75, 3.05) is 13.1 Å². The summed E-state index contributed by atoms with van der Waals surface area (Å²) >= 11 is 0. The molecule has 0 spiro atoms. The highest BCUT2D eigenvalue weighted by atomic mass is 16.5. The number of rotatable bonds is 1. The van der Waals surface area contributed by atoms with Crippen LogP contribution in [-0.2, 0) is 9.53 Å². The van der Waals surface area contributed by atoms with Crippen LogP contribution >= 0.6 is 0 Å². The lowest BCUT2D eigenvalue weighted by atomic mass is 10.0. The van der Waals surface area contributed by atoms with Gasteiger partial charge < -0.3 is 9.64 Å². The van der Waals surface area contributed by atoms with Crippen molar-refractivity contribution in [1.82, 2.24) is 4.90 Å². The van der Waals surface area contributed by atoms with Crippen LogP contribution in [0.25, 0.3) is 0 Å². The maximum atomic E-state index is 12.2. The van der Waals surface area contributed by atoms with Crippen molar-refractivity contribution < 1.29 is 9.53 Å². The molecule has 0 bridgehead atoms. The number of carbonyl (C=O) groups is 1. The summed E-state index contributed by atoms with van der Waals surface area (Å²) in [6, 6.07) is 0. The molecule has 3 heteroatoms. The van der Waals surface area contributed by atoms with Crippen LogP contribution in [0.15, 0.2) is 12.2 Å². The number of amides is 1. The van der Waals surface area contributed by atoms with Crippen molar-refractivity contribution in [2.45, 2.75) is 38.4 Å². The smallest absolute Gasteiger partial charge is 0.226 e. The third-order valence-electron chi connectivity index (χ3n) is 4.09. The molecule has 0 aromatic carbocycles. The third-order valence-corrected chi connectivity index (χ3v) is 4.09. The Kier molecular flexibility index (Phi) is 2.51. The molecule has 2 heterocycles. The van der Waals surface area contributed by atoms with Gasteiger partial charge in [0.2, 0.25) is 5.91 Å². The summed E-state index contributed by atoms with van der Waals surface area (Å²) in [5.74, 6) is 1.15. The van der Waals surface area contributed by atoms with Crippen LogP contribution in [0.2, 0.25) is 0 Å². The zero-order chi connectivity index (χ0) is 11.1. The second kappa shape index (κ2) is 3.88. The molecule has 16 heavy (non-hydrogen) atoms. The lowest BCUT2D eigenvalue weighted by molar-refractivity contribution is -0.135. The lowest BCUT2D eigenvalue weighted by Gasteiger charge is -2.21. The van der Waals surface area contributed by atoms with Crippen LogP contribution in [0, 0.1) is 11.8 Å². The van der Waals surface area contributed by atoms with Gasteiger partial charge in [0.05, 0.1) is 12.2 Å². The Morgan fingerprint density at radius 3 is 2.75 bits per heavy atom. The number of hydrogen-bond acceptors (Lipinski definition) is 2. The Hall–Kier alpha value is -0.830. The number of fused-ring (bicyclic) bond motifs is 1. The Labute approximate surface area is 96.4 Å². The minimum absolute atomic E-state index is 0.219. The summed E-state index contributed by atoms with van der Waals surface area (Å²) in [5, 5.41) is 0. The number of hydrogen-bond donors (Lipinski definition) is 0. The molecule has 3 aliphatic rings. The van der Waals surface area contributed by atoms with E-state index in [0.29, 0.717) is 24.0 Å². The van der Waals surface area contributed by atoms with Crippen molar-refractivity contribution in [3.8, 4) is 0 Å². The first-order chi connectivity index (χ1) is 7.74. The largest absolute Gasteiger partial charge is 0.373 e. The molecular formula is C13H19NO2. The Bertz CT molecular complexity index is 304. The van der Waals surface area contributed by atoms with E-state index in [1.54, 1.807) is 0 Å². The van der Waals surface area contributed by atoms with Crippen LogP contribution in [0.1, 0.15) is 26.2 Å². The fourth-order valence-corrected chi connectivity index (χ4v) is 3.26. The summed E-state index contributed by atoms with van der Waals surface area (Å²) in [7, 11) is 0. The summed E-state index contributed by atoms with van der Waals surface area (Å²) in [6.07, 6.45) is 7.94. The maximum Gasteiger partial charge on any atom is 0.226 e. The number of nitrogens with zero attached hydrogens (tertiary/aromatic N) is 1. The minimum atomic E-state index is 0.219. The average molecular weight is 221 g/mol. The number of ether oxygens (including phenoxy) is 1. The minimum Gasteiger partial charge on any atom is -0.373 e. The van der Waals surface area contributed by atoms with E-state index in [4.69, 9.17) is 4.74 Å². The second-order valence-corrected chi connectivity index (χ2v) is 5.36. The van der Waals surface area contributed by atoms with Crippen molar-refractivity contribution in [1.29, 1.82) is 0 Å². The second-order valence-electron chi connectivity index (χ2n) is 5.36. The van der Waals surface area contributed by atoms with Gasteiger partial charge >= 0.3 is 0 Å². The summed E-state index contributed by atoms with van der Waals surface area (Å²) in [6.45, 7) is 3.88. The molecular weight excluding hydrogens is 202 g/mol. The molecule has 0 saturated carbocycles. The SMILES string of the molecule is C[C@@H]1C[C@H]2CN(C(=O)C3CC=CC3)C[C@H]2O1. The highest BCUT2D eigenvalue weighted by Crippen LogP contribution is 2.34. The number of likely N-dealkylation sites (tertiary alicyclic amines) is 1. The summed E-state index contributed by atoms with van der Waals surface area (Å²) < 4.78 is 5.82. The molecule has 0 aromatic heterocycles. The van der Waals surface area contributed by atoms with E-state index in [-0.39, 0.29) is 5.92 Å². The molecule has 2 fully saturated rings. The normalized spacial score (nSPS) is 38.3. The predicted octanol–water partition coefficient (Wildman–Crippen LogP) is 1.59. The molecule has 0 N–H and O–H groups in total. The molecule has 1 amide bonds. The molecule has 1 aliphatic carbocycles. The first-order valence-electron chi connectivity index (χ1n) is 6.33. The van der Waals surface area contributed by atoms with Gasteiger partial charge in [0.25, 0.3) is 0 Å². The molecule has 2 aliphatic heterocycles. The van der Waals surface area contributed by atoms with Gasteiger partial charge in [0, 0.05) is 24.9 Å². The van der Waals surface area contributed by atoms with E-state index in [2.05, 4.69) is 19.1 Å². The monoisotopic (exact) mass is 221 g/mol. The molecule has 3 nitrogen and oxygen atoms in total. The van der Waals surface area contributed by atoms with Gasteiger partial charge in [-0.15, -0.1) is 0 Å². The van der Waals surface area contributed by atoms with E-state index < -0.39 is 0 Å². The first kappa shape index (κ1) is 10.3. The number of carbonyl (C=O) groups excluding carboxylic acids is 1. The predicted molar refractivity (Wildman–Crippen MR) is 60.9 cm³/mol. The number of allylic oxidation sites excluding steroid dienone is 2. The van der Waals surface area contributed by atoms with Gasteiger partial charge in [-0.3, -0.25) is 4.79 Å². The van der Waals surface area contributed by atoms with Crippen LogP contribution in [0.3, 0.4) is 0 Å². The first-order valence-corrected chi connectivity index (χ1v) is 6.33. The Morgan fingerprint density at radius 2 is 2.06 bits per heavy atom. The molecule has 88 valence electrons. The zero-order valence-corrected chi connectivity index (χ0v) is 9.76. The highest BCUT2D eigenvalue weighted by molar-refractivity contribution is 5.80. The zero-order valence-electron chi connectivity index (χ0n) is 9.76. The molecule has 2 saturated heterocycles. The van der Waals surface area contributed by atoms with E-state index in [0.717, 1.165) is 32.4 Å². The fourth-order valence-electron chi connectivity index (χ4n) is 3.26. The van der Waals surface area contributed by atoms with E-state index in [1.165, 1.54) is 0 Å². The topological polar surface area (TPSA) is 29.5 Å². The van der Waals surface area contributed by atoms with Gasteiger partial charge in [-0.2, -0.15) is 0 Å². The standard InChI is InChI=1S/C13H19NO2/c1-9-6-11-7-14(8-12(11)16-9)13(15)10-4-2-3-5-10/h2-3,9-12H,4-8H2,1H3/t9-,11+,12-/m1/s1. The van der Waals surface area contributed by atoms with E-state index >= 15 is 0 Å². The van der Waals surface area contributed by atoms with Crippen molar-refractivity contribution in [2.24, 2.45) is 11.8 Å². The highest BCUT2D eigenvalue weighted by Gasteiger charge is 2.43. The molecule has 0 radical (unpaired) electrons. The van der Waals surface area contributed by atoms with Crippen molar-refractivity contribution >= 4 is 5.91 Å². The van der Waals surface area contributed by atoms with Crippen LogP contribution in [0.4, 0.5) is 0 Å². The summed E-state index contributed by atoms with van der Waals surface area (Å²) in [4.78, 5) is 14.2. The third kappa shape index (κ3) is 1.67. The van der Waals surface area contributed by atoms with Crippen LogP contribution < -0.4 is 0 Å². The van der Waals surface area contributed by atoms with Crippen molar-refractivity contribution in [3.05, 3.63) is 12.2 Å². The van der Waals surface area contributed by atoms with Gasteiger partial charge in [0.15, 0.2) is 0 Å². The summed E-state index contributed by atoms with van der Waals surface area (Å²) in [5.41, 5.74) is 0. The molecule has 0 unspecified atom stereocenters. The Morgan fingerprint density at radius 1 is 1.31 bits per heavy atom. The van der Waals surface area contributed by atoms with Gasteiger partial charge in [-0.05, 0) is 26.2 Å². The van der Waals surface area contributed by atoms with Gasteiger partial charge in [0.1, 0.15) is 0 Å². The quantitative estimate of drug-likeness (QED) is 0.629. The van der Waals surface area contributed by atoms with Crippen LogP contribution in [-0.4, -0.2) is 36.1 Å². The van der Waals surface area contributed by atoms with Gasteiger partial charge in [-0.25, -0.2) is 0 Å². The average Bonchev–Trinajstić information content (AvgIpc) is 2.89. The van der Waals surface area contributed by atoms with Gasteiger partial charge in [-0.1, -0.05) is 12.2 Å². The molecule has 0 aromatic rings. The maximum absolute atomic E-state index is 12.2. The van der Waals surface area contributed by atoms with Crippen molar-refractivity contribution in [3.63, 3.8) is 0 Å². The fraction of sp³-hybridized carbons (Fsp3) is 0.769. The van der Waals surface area contributed by atoms with E-state index in [1.807, 2.05) is 4.90 Å². The molecule has 3 rings (SSSR count). The van der Waals surface area contributed by atoms with Crippen LogP contribution in [0.5, 0.6) is 0 Å².